The predicted octanol–water partition coefficient (Wildman–Crippen LogP) is 3.34. The number of hydrogen-bond donors (Lipinski definition) is 0. The third-order valence-corrected chi connectivity index (χ3v) is 5.87. The van der Waals surface area contributed by atoms with Crippen molar-refractivity contribution < 1.29 is 17.9 Å². The Morgan fingerprint density at radius 2 is 1.65 bits per heavy atom. The lowest BCUT2D eigenvalue weighted by Gasteiger charge is -2.21. The number of esters is 1. The van der Waals surface area contributed by atoms with E-state index in [1.807, 2.05) is 12.1 Å². The van der Waals surface area contributed by atoms with Crippen molar-refractivity contribution in [2.75, 3.05) is 12.4 Å². The highest BCUT2D eigenvalue weighted by Gasteiger charge is 2.32. The Hall–Kier alpha value is -2.65. The highest BCUT2D eigenvalue weighted by atomic mass is 32.2. The molecule has 0 heterocycles. The Kier molecular flexibility index (Phi) is 6.93. The zero-order chi connectivity index (χ0) is 19.0. The van der Waals surface area contributed by atoms with Gasteiger partial charge in [0, 0.05) is 5.92 Å². The standard InChI is InChI=1S/C20H21NO4S/c1-2-25-20(22)19(15-21)18(16-9-5-3-6-10-16)13-14-26(23,24)17-11-7-4-8-12-17/h3-12,18-19H,2,13-14H2,1H3. The molecule has 5 nitrogen and oxygen atoms in total. The number of carbonyl (C=O) groups is 1. The summed E-state index contributed by atoms with van der Waals surface area (Å²) >= 11 is 0. The maximum Gasteiger partial charge on any atom is 0.323 e. The van der Waals surface area contributed by atoms with Crippen molar-refractivity contribution in [1.82, 2.24) is 0 Å². The molecule has 0 spiro atoms. The van der Waals surface area contributed by atoms with Gasteiger partial charge >= 0.3 is 5.97 Å². The maximum atomic E-state index is 12.6. The molecule has 26 heavy (non-hydrogen) atoms. The molecule has 0 aromatic heterocycles. The van der Waals surface area contributed by atoms with E-state index in [9.17, 15) is 18.5 Å². The first-order valence-corrected chi connectivity index (χ1v) is 10.0. The normalized spacial score (nSPS) is 13.4. The van der Waals surface area contributed by atoms with E-state index in [2.05, 4.69) is 0 Å². The molecule has 0 saturated heterocycles. The van der Waals surface area contributed by atoms with E-state index in [4.69, 9.17) is 4.74 Å². The van der Waals surface area contributed by atoms with Crippen LogP contribution in [0.4, 0.5) is 0 Å². The molecule has 0 aliphatic carbocycles. The van der Waals surface area contributed by atoms with E-state index >= 15 is 0 Å². The third-order valence-electron chi connectivity index (χ3n) is 4.11. The Bertz CT molecular complexity index is 858. The van der Waals surface area contributed by atoms with Crippen LogP contribution in [0.2, 0.25) is 0 Å². The van der Waals surface area contributed by atoms with Crippen LogP contribution in [0.15, 0.2) is 65.6 Å². The second kappa shape index (κ2) is 9.16. The number of nitriles is 1. The van der Waals surface area contributed by atoms with Crippen LogP contribution in [0.1, 0.15) is 24.8 Å². The Morgan fingerprint density at radius 3 is 2.19 bits per heavy atom. The summed E-state index contributed by atoms with van der Waals surface area (Å²) in [4.78, 5) is 12.4. The molecule has 2 atom stereocenters. The number of rotatable bonds is 8. The molecule has 2 unspecified atom stereocenters. The molecule has 0 aliphatic rings. The fraction of sp³-hybridized carbons (Fsp3) is 0.300. The quantitative estimate of drug-likeness (QED) is 0.665. The average Bonchev–Trinajstić information content (AvgIpc) is 2.66. The van der Waals surface area contributed by atoms with E-state index in [1.54, 1.807) is 61.5 Å². The zero-order valence-corrected chi connectivity index (χ0v) is 15.4. The van der Waals surface area contributed by atoms with E-state index < -0.39 is 27.6 Å². The van der Waals surface area contributed by atoms with Gasteiger partial charge in [-0.2, -0.15) is 5.26 Å². The van der Waals surface area contributed by atoms with E-state index in [0.717, 1.165) is 5.56 Å². The minimum Gasteiger partial charge on any atom is -0.465 e. The lowest BCUT2D eigenvalue weighted by Crippen LogP contribution is -2.25. The van der Waals surface area contributed by atoms with Crippen molar-refractivity contribution in [3.63, 3.8) is 0 Å². The van der Waals surface area contributed by atoms with Gasteiger partial charge < -0.3 is 4.74 Å². The fourth-order valence-electron chi connectivity index (χ4n) is 2.79. The predicted molar refractivity (Wildman–Crippen MR) is 98.0 cm³/mol. The molecule has 0 aliphatic heterocycles. The average molecular weight is 371 g/mol. The van der Waals surface area contributed by atoms with Gasteiger partial charge in [-0.25, -0.2) is 8.42 Å². The number of carbonyl (C=O) groups excluding carboxylic acids is 1. The molecule has 6 heteroatoms. The minimum atomic E-state index is -3.50. The van der Waals surface area contributed by atoms with Crippen LogP contribution in [-0.2, 0) is 19.4 Å². The van der Waals surface area contributed by atoms with Gasteiger partial charge in [-0.1, -0.05) is 48.5 Å². The summed E-state index contributed by atoms with van der Waals surface area (Å²) in [6.45, 7) is 1.84. The number of benzene rings is 2. The first kappa shape index (κ1) is 19.7. The summed E-state index contributed by atoms with van der Waals surface area (Å²) < 4.78 is 30.2. The van der Waals surface area contributed by atoms with Crippen LogP contribution in [-0.4, -0.2) is 26.7 Å². The molecular weight excluding hydrogens is 350 g/mol. The molecule has 2 aromatic carbocycles. The van der Waals surface area contributed by atoms with Gasteiger partial charge in [0.25, 0.3) is 0 Å². The number of hydrogen-bond acceptors (Lipinski definition) is 5. The molecule has 0 N–H and O–H groups in total. The largest absolute Gasteiger partial charge is 0.465 e. The smallest absolute Gasteiger partial charge is 0.323 e. The van der Waals surface area contributed by atoms with Crippen molar-refractivity contribution in [3.05, 3.63) is 66.2 Å². The van der Waals surface area contributed by atoms with E-state index in [-0.39, 0.29) is 23.7 Å². The van der Waals surface area contributed by atoms with E-state index in [1.165, 1.54) is 0 Å². The molecular formula is C20H21NO4S. The Balaban J connectivity index is 2.28. The SMILES string of the molecule is CCOC(=O)C(C#N)C(CCS(=O)(=O)c1ccccc1)c1ccccc1. The van der Waals surface area contributed by atoms with Crippen LogP contribution in [0.5, 0.6) is 0 Å². The molecule has 0 saturated carbocycles. The number of nitrogens with zero attached hydrogens (tertiary/aromatic N) is 1. The minimum absolute atomic E-state index is 0.151. The van der Waals surface area contributed by atoms with Gasteiger partial charge in [0.15, 0.2) is 15.8 Å². The highest BCUT2D eigenvalue weighted by molar-refractivity contribution is 7.91. The van der Waals surface area contributed by atoms with Gasteiger partial charge in [0.2, 0.25) is 0 Å². The van der Waals surface area contributed by atoms with E-state index in [0.29, 0.717) is 0 Å². The van der Waals surface area contributed by atoms with Crippen molar-refractivity contribution in [1.29, 1.82) is 5.26 Å². The summed E-state index contributed by atoms with van der Waals surface area (Å²) in [5.41, 5.74) is 0.746. The Labute approximate surface area is 154 Å². The second-order valence-corrected chi connectivity index (χ2v) is 7.91. The van der Waals surface area contributed by atoms with Crippen molar-refractivity contribution in [2.45, 2.75) is 24.2 Å². The molecule has 0 radical (unpaired) electrons. The summed E-state index contributed by atoms with van der Waals surface area (Å²) in [5, 5.41) is 9.50. The van der Waals surface area contributed by atoms with Gasteiger partial charge in [-0.3, -0.25) is 4.79 Å². The van der Waals surface area contributed by atoms with Crippen LogP contribution >= 0.6 is 0 Å². The first-order valence-electron chi connectivity index (χ1n) is 8.38. The monoisotopic (exact) mass is 371 g/mol. The molecule has 2 rings (SSSR count). The topological polar surface area (TPSA) is 84.2 Å². The third kappa shape index (κ3) is 4.93. The zero-order valence-electron chi connectivity index (χ0n) is 14.5. The number of ether oxygens (including phenoxy) is 1. The summed E-state index contributed by atoms with van der Waals surface area (Å²) in [6, 6.07) is 19.2. The van der Waals surface area contributed by atoms with Gasteiger partial charge in [-0.15, -0.1) is 0 Å². The van der Waals surface area contributed by atoms with Crippen LogP contribution in [0, 0.1) is 17.2 Å². The van der Waals surface area contributed by atoms with Crippen LogP contribution in [0.3, 0.4) is 0 Å². The first-order chi connectivity index (χ1) is 12.5. The van der Waals surface area contributed by atoms with Crippen molar-refractivity contribution >= 4 is 15.8 Å². The summed E-state index contributed by atoms with van der Waals surface area (Å²) in [7, 11) is -3.50. The summed E-state index contributed by atoms with van der Waals surface area (Å²) in [5.74, 6) is -2.39. The Morgan fingerprint density at radius 1 is 1.08 bits per heavy atom. The van der Waals surface area contributed by atoms with Crippen LogP contribution in [0.25, 0.3) is 0 Å². The van der Waals surface area contributed by atoms with Crippen LogP contribution < -0.4 is 0 Å². The lowest BCUT2D eigenvalue weighted by molar-refractivity contribution is -0.146. The van der Waals surface area contributed by atoms with Gasteiger partial charge in [0.05, 0.1) is 23.3 Å². The molecule has 136 valence electrons. The van der Waals surface area contributed by atoms with Crippen molar-refractivity contribution in [3.8, 4) is 6.07 Å². The second-order valence-electron chi connectivity index (χ2n) is 5.80. The maximum absolute atomic E-state index is 12.6. The summed E-state index contributed by atoms with van der Waals surface area (Å²) in [6.07, 6.45) is 0.151. The number of sulfone groups is 1. The molecule has 2 aromatic rings. The lowest BCUT2D eigenvalue weighted by atomic mass is 9.85. The fourth-order valence-corrected chi connectivity index (χ4v) is 4.16. The van der Waals surface area contributed by atoms with Gasteiger partial charge in [-0.05, 0) is 31.0 Å². The molecule has 0 bridgehead atoms. The van der Waals surface area contributed by atoms with Gasteiger partial charge in [0.1, 0.15) is 0 Å². The highest BCUT2D eigenvalue weighted by Crippen LogP contribution is 2.30. The van der Waals surface area contributed by atoms with Crippen molar-refractivity contribution in [2.24, 2.45) is 5.92 Å². The molecule has 0 fully saturated rings. The molecule has 0 amide bonds.